The van der Waals surface area contributed by atoms with E-state index < -0.39 is 6.09 Å². The third kappa shape index (κ3) is 4.31. The minimum Gasteiger partial charge on any atom is -0.466 e. The normalized spacial score (nSPS) is 10.3. The van der Waals surface area contributed by atoms with Gasteiger partial charge in [0.1, 0.15) is 15.8 Å². The summed E-state index contributed by atoms with van der Waals surface area (Å²) in [5.41, 5.74) is 0. The van der Waals surface area contributed by atoms with Crippen LogP contribution in [0.25, 0.3) is 0 Å². The first-order chi connectivity index (χ1) is 11.8. The molecule has 0 aromatic carbocycles. The molecule has 3 aromatic heterocycles. The molecule has 3 rings (SSSR count). The van der Waals surface area contributed by atoms with Crippen molar-refractivity contribution in [3.63, 3.8) is 0 Å². The molecular weight excluding hydrogens is 348 g/mol. The molecule has 24 heavy (non-hydrogen) atoms. The number of carbonyl (C=O) groups is 1. The smallest absolute Gasteiger partial charge is 0.422 e. The van der Waals surface area contributed by atoms with E-state index in [4.69, 9.17) is 14.2 Å². The molecule has 0 fully saturated rings. The first kappa shape index (κ1) is 16.4. The first-order valence-electron chi connectivity index (χ1n) is 6.99. The number of rotatable bonds is 7. The molecule has 1 amide bonds. The van der Waals surface area contributed by atoms with Crippen LogP contribution in [0.4, 0.5) is 14.8 Å². The maximum atomic E-state index is 12.4. The molecule has 0 bridgehead atoms. The van der Waals surface area contributed by atoms with Gasteiger partial charge in [0.15, 0.2) is 13.6 Å². The second-order valence-corrected chi connectivity index (χ2v) is 6.27. The van der Waals surface area contributed by atoms with Crippen LogP contribution in [0.15, 0.2) is 59.6 Å². The summed E-state index contributed by atoms with van der Waals surface area (Å²) in [7, 11) is 0. The number of amides is 1. The SMILES string of the molecule is O=C(OCOCOc1cccnc1)N(c1cccs1)c1cccs1. The molecule has 0 radical (unpaired) electrons. The first-order valence-corrected chi connectivity index (χ1v) is 8.75. The van der Waals surface area contributed by atoms with Crippen LogP contribution in [0.2, 0.25) is 0 Å². The van der Waals surface area contributed by atoms with E-state index in [2.05, 4.69) is 4.98 Å². The van der Waals surface area contributed by atoms with Crippen molar-refractivity contribution in [2.24, 2.45) is 0 Å². The van der Waals surface area contributed by atoms with Gasteiger partial charge in [0.25, 0.3) is 0 Å². The monoisotopic (exact) mass is 362 g/mol. The van der Waals surface area contributed by atoms with Crippen molar-refractivity contribution in [3.8, 4) is 5.75 Å². The van der Waals surface area contributed by atoms with Gasteiger partial charge in [-0.25, -0.2) is 9.69 Å². The second-order valence-electron chi connectivity index (χ2n) is 4.42. The van der Waals surface area contributed by atoms with Crippen LogP contribution in [0.5, 0.6) is 5.75 Å². The van der Waals surface area contributed by atoms with Crippen LogP contribution in [0.3, 0.4) is 0 Å². The average molecular weight is 362 g/mol. The van der Waals surface area contributed by atoms with Gasteiger partial charge in [0.05, 0.1) is 6.20 Å². The zero-order valence-corrected chi connectivity index (χ0v) is 14.2. The number of hydrogen-bond acceptors (Lipinski definition) is 7. The molecule has 0 aliphatic carbocycles. The van der Waals surface area contributed by atoms with Crippen LogP contribution < -0.4 is 9.64 Å². The average Bonchev–Trinajstić information content (AvgIpc) is 3.30. The predicted octanol–water partition coefficient (Wildman–Crippen LogP) is 4.49. The molecule has 0 saturated heterocycles. The van der Waals surface area contributed by atoms with Crippen LogP contribution in [0.1, 0.15) is 0 Å². The van der Waals surface area contributed by atoms with E-state index >= 15 is 0 Å². The summed E-state index contributed by atoms with van der Waals surface area (Å²) in [5.74, 6) is 0.586. The summed E-state index contributed by atoms with van der Waals surface area (Å²) in [4.78, 5) is 17.8. The van der Waals surface area contributed by atoms with E-state index in [9.17, 15) is 4.79 Å². The van der Waals surface area contributed by atoms with E-state index in [1.54, 1.807) is 24.5 Å². The standard InChI is InChI=1S/C16H14N2O4S2/c19-16(22-12-20-11-21-13-4-1-7-17-10-13)18(14-5-2-8-23-14)15-6-3-9-24-15/h1-10H,11-12H2. The van der Waals surface area contributed by atoms with Crippen LogP contribution in [-0.2, 0) is 9.47 Å². The van der Waals surface area contributed by atoms with Crippen molar-refractivity contribution < 1.29 is 19.0 Å². The maximum absolute atomic E-state index is 12.4. The summed E-state index contributed by atoms with van der Waals surface area (Å²) in [6.07, 6.45) is 2.73. The Balaban J connectivity index is 1.49. The molecule has 8 heteroatoms. The van der Waals surface area contributed by atoms with E-state index in [1.807, 2.05) is 35.0 Å². The topological polar surface area (TPSA) is 60.9 Å². The quantitative estimate of drug-likeness (QED) is 0.458. The minimum atomic E-state index is -0.499. The minimum absolute atomic E-state index is 0.0308. The fourth-order valence-electron chi connectivity index (χ4n) is 1.82. The van der Waals surface area contributed by atoms with Gasteiger partial charge in [-0.15, -0.1) is 22.7 Å². The lowest BCUT2D eigenvalue weighted by Gasteiger charge is -2.18. The van der Waals surface area contributed by atoms with Crippen molar-refractivity contribution in [1.29, 1.82) is 0 Å². The van der Waals surface area contributed by atoms with Gasteiger partial charge >= 0.3 is 6.09 Å². The number of thiophene rings is 2. The number of anilines is 2. The maximum Gasteiger partial charge on any atom is 0.422 e. The highest BCUT2D eigenvalue weighted by atomic mass is 32.1. The Morgan fingerprint density at radius 1 is 1.04 bits per heavy atom. The molecule has 0 saturated carbocycles. The third-order valence-corrected chi connectivity index (χ3v) is 4.55. The van der Waals surface area contributed by atoms with Gasteiger partial charge in [-0.2, -0.15) is 0 Å². The summed E-state index contributed by atoms with van der Waals surface area (Å²) in [6.45, 7) is -0.233. The molecule has 3 heterocycles. The van der Waals surface area contributed by atoms with Gasteiger partial charge in [-0.3, -0.25) is 4.98 Å². The highest BCUT2D eigenvalue weighted by Gasteiger charge is 2.21. The summed E-state index contributed by atoms with van der Waals surface area (Å²) in [6, 6.07) is 11.0. The fourth-order valence-corrected chi connectivity index (χ4v) is 3.34. The van der Waals surface area contributed by atoms with E-state index in [-0.39, 0.29) is 13.6 Å². The van der Waals surface area contributed by atoms with Gasteiger partial charge in [0.2, 0.25) is 0 Å². The number of carbonyl (C=O) groups excluding carboxylic acids is 1. The Bertz CT molecular complexity index is 699. The molecule has 0 N–H and O–H groups in total. The fraction of sp³-hybridized carbons (Fsp3) is 0.125. The highest BCUT2D eigenvalue weighted by Crippen LogP contribution is 2.33. The number of nitrogens with zero attached hydrogens (tertiary/aromatic N) is 2. The Hall–Kier alpha value is -2.42. The van der Waals surface area contributed by atoms with Gasteiger partial charge in [0, 0.05) is 6.20 Å². The number of ether oxygens (including phenoxy) is 3. The van der Waals surface area contributed by atoms with Crippen molar-refractivity contribution in [2.75, 3.05) is 18.5 Å². The molecule has 0 aliphatic heterocycles. The molecule has 124 valence electrons. The Morgan fingerprint density at radius 2 is 1.79 bits per heavy atom. The lowest BCUT2D eigenvalue weighted by molar-refractivity contribution is -0.0687. The number of pyridine rings is 1. The summed E-state index contributed by atoms with van der Waals surface area (Å²) in [5, 5.41) is 5.38. The van der Waals surface area contributed by atoms with Gasteiger partial charge in [-0.05, 0) is 47.2 Å². The third-order valence-electron chi connectivity index (χ3n) is 2.84. The lowest BCUT2D eigenvalue weighted by Crippen LogP contribution is -2.26. The molecule has 0 atom stereocenters. The van der Waals surface area contributed by atoms with Crippen molar-refractivity contribution in [3.05, 3.63) is 59.6 Å². The Morgan fingerprint density at radius 3 is 2.38 bits per heavy atom. The largest absolute Gasteiger partial charge is 0.466 e. The Kier molecular flexibility index (Phi) is 5.78. The van der Waals surface area contributed by atoms with Crippen molar-refractivity contribution in [2.45, 2.75) is 0 Å². The van der Waals surface area contributed by atoms with Gasteiger partial charge in [-0.1, -0.05) is 0 Å². The van der Waals surface area contributed by atoms with E-state index in [0.29, 0.717) is 5.75 Å². The number of aromatic nitrogens is 1. The molecular formula is C16H14N2O4S2. The zero-order valence-electron chi connectivity index (χ0n) is 12.5. The van der Waals surface area contributed by atoms with Crippen molar-refractivity contribution >= 4 is 38.8 Å². The van der Waals surface area contributed by atoms with Crippen molar-refractivity contribution in [1.82, 2.24) is 4.98 Å². The van der Waals surface area contributed by atoms with Crippen LogP contribution in [-0.4, -0.2) is 24.7 Å². The Labute approximate surface area is 146 Å². The van der Waals surface area contributed by atoms with Crippen LogP contribution in [0, 0.1) is 0 Å². The molecule has 6 nitrogen and oxygen atoms in total. The molecule has 0 unspecified atom stereocenters. The summed E-state index contributed by atoms with van der Waals surface area (Å²) < 4.78 is 15.7. The summed E-state index contributed by atoms with van der Waals surface area (Å²) >= 11 is 2.92. The second kappa shape index (κ2) is 8.44. The zero-order chi connectivity index (χ0) is 16.6. The van der Waals surface area contributed by atoms with Crippen LogP contribution >= 0.6 is 22.7 Å². The lowest BCUT2D eigenvalue weighted by atomic mass is 10.5. The predicted molar refractivity (Wildman–Crippen MR) is 92.9 cm³/mol. The number of hydrogen-bond donors (Lipinski definition) is 0. The van der Waals surface area contributed by atoms with E-state index in [1.165, 1.54) is 27.6 Å². The molecule has 0 spiro atoms. The highest BCUT2D eigenvalue weighted by molar-refractivity contribution is 7.16. The van der Waals surface area contributed by atoms with Gasteiger partial charge < -0.3 is 14.2 Å². The molecule has 3 aromatic rings. The van der Waals surface area contributed by atoms with E-state index in [0.717, 1.165) is 10.0 Å². The molecule has 0 aliphatic rings.